The molecule has 0 aromatic carbocycles. The topological polar surface area (TPSA) is 67.6 Å². The number of likely N-dealkylation sites (tertiary alicyclic amines) is 1. The summed E-state index contributed by atoms with van der Waals surface area (Å²) in [6.45, 7) is 2.15. The highest BCUT2D eigenvalue weighted by Gasteiger charge is 2.33. The lowest BCUT2D eigenvalue weighted by Crippen LogP contribution is -2.25. The van der Waals surface area contributed by atoms with Gasteiger partial charge in [-0.05, 0) is 0 Å². The fraction of sp³-hybridized carbons (Fsp3) is 0.636. The molecule has 2 atom stereocenters. The Morgan fingerprint density at radius 3 is 3.00 bits per heavy atom. The molecule has 1 fully saturated rings. The Morgan fingerprint density at radius 2 is 2.41 bits per heavy atom. The van der Waals surface area contributed by atoms with Crippen molar-refractivity contribution in [1.82, 2.24) is 14.5 Å². The number of ether oxygens (including phenoxy) is 1. The minimum Gasteiger partial charge on any atom is -0.481 e. The normalized spacial score (nSPS) is 25.2. The molecule has 0 amide bonds. The molecule has 2 rings (SSSR count). The van der Waals surface area contributed by atoms with E-state index in [1.807, 2.05) is 10.8 Å². The summed E-state index contributed by atoms with van der Waals surface area (Å²) in [6, 6.07) is 0.219. The summed E-state index contributed by atoms with van der Waals surface area (Å²) in [4.78, 5) is 16.7. The number of hydrogen-bond acceptors (Lipinski definition) is 4. The SMILES string of the molecule is CO[C@H]1CN(CCC(=O)O)C[C@H]1n1ccnc1. The lowest BCUT2D eigenvalue weighted by atomic mass is 10.2. The van der Waals surface area contributed by atoms with Crippen LogP contribution in [0.5, 0.6) is 0 Å². The van der Waals surface area contributed by atoms with Crippen LogP contribution in [0.4, 0.5) is 0 Å². The highest BCUT2D eigenvalue weighted by Crippen LogP contribution is 2.24. The molecule has 1 N–H and O–H groups in total. The van der Waals surface area contributed by atoms with Crippen molar-refractivity contribution >= 4 is 5.97 Å². The van der Waals surface area contributed by atoms with E-state index in [2.05, 4.69) is 9.88 Å². The van der Waals surface area contributed by atoms with Gasteiger partial charge in [-0.15, -0.1) is 0 Å². The Hall–Kier alpha value is -1.40. The van der Waals surface area contributed by atoms with Crippen LogP contribution in [0.2, 0.25) is 0 Å². The minimum absolute atomic E-state index is 0.0954. The molecule has 0 saturated carbocycles. The number of aromatic nitrogens is 2. The average Bonchev–Trinajstić information content (AvgIpc) is 2.94. The molecule has 6 heteroatoms. The van der Waals surface area contributed by atoms with Gasteiger partial charge in [0.25, 0.3) is 0 Å². The van der Waals surface area contributed by atoms with Crippen LogP contribution >= 0.6 is 0 Å². The van der Waals surface area contributed by atoms with Gasteiger partial charge in [-0.25, -0.2) is 4.98 Å². The zero-order chi connectivity index (χ0) is 12.3. The van der Waals surface area contributed by atoms with Crippen molar-refractivity contribution in [1.29, 1.82) is 0 Å². The highest BCUT2D eigenvalue weighted by atomic mass is 16.5. The van der Waals surface area contributed by atoms with Gasteiger partial charge in [0, 0.05) is 39.1 Å². The van der Waals surface area contributed by atoms with Crippen LogP contribution in [0.3, 0.4) is 0 Å². The van der Waals surface area contributed by atoms with E-state index < -0.39 is 5.97 Å². The van der Waals surface area contributed by atoms with Crippen molar-refractivity contribution in [2.75, 3.05) is 26.7 Å². The summed E-state index contributed by atoms with van der Waals surface area (Å²) < 4.78 is 7.47. The number of imidazole rings is 1. The molecule has 1 aliphatic heterocycles. The summed E-state index contributed by atoms with van der Waals surface area (Å²) >= 11 is 0. The van der Waals surface area contributed by atoms with E-state index in [1.165, 1.54) is 0 Å². The number of methoxy groups -OCH3 is 1. The van der Waals surface area contributed by atoms with Gasteiger partial charge in [0.2, 0.25) is 0 Å². The van der Waals surface area contributed by atoms with Crippen LogP contribution in [-0.4, -0.2) is 58.4 Å². The van der Waals surface area contributed by atoms with Gasteiger partial charge in [-0.3, -0.25) is 9.69 Å². The van der Waals surface area contributed by atoms with Gasteiger partial charge in [0.15, 0.2) is 0 Å². The zero-order valence-electron chi connectivity index (χ0n) is 9.82. The predicted octanol–water partition coefficient (Wildman–Crippen LogP) is 0.230. The molecule has 0 aliphatic carbocycles. The Labute approximate surface area is 99.8 Å². The van der Waals surface area contributed by atoms with Crippen molar-refractivity contribution in [2.24, 2.45) is 0 Å². The largest absolute Gasteiger partial charge is 0.481 e. The van der Waals surface area contributed by atoms with Gasteiger partial charge in [-0.2, -0.15) is 0 Å². The molecule has 0 radical (unpaired) electrons. The third kappa shape index (κ3) is 2.83. The van der Waals surface area contributed by atoms with Gasteiger partial charge in [0.1, 0.15) is 0 Å². The number of carboxylic acids is 1. The molecule has 2 heterocycles. The molecule has 0 unspecified atom stereocenters. The second-order valence-electron chi connectivity index (χ2n) is 4.25. The van der Waals surface area contributed by atoms with Gasteiger partial charge >= 0.3 is 5.97 Å². The Morgan fingerprint density at radius 1 is 1.59 bits per heavy atom. The van der Waals surface area contributed by atoms with E-state index >= 15 is 0 Å². The third-order valence-corrected chi connectivity index (χ3v) is 3.17. The molecule has 0 spiro atoms. The van der Waals surface area contributed by atoms with Crippen molar-refractivity contribution in [3.05, 3.63) is 18.7 Å². The maximum atomic E-state index is 10.5. The monoisotopic (exact) mass is 239 g/mol. The summed E-state index contributed by atoms with van der Waals surface area (Å²) in [5.41, 5.74) is 0. The molecule has 1 aromatic heterocycles. The fourth-order valence-corrected chi connectivity index (χ4v) is 2.25. The van der Waals surface area contributed by atoms with Crippen molar-refractivity contribution in [2.45, 2.75) is 18.6 Å². The van der Waals surface area contributed by atoms with Crippen LogP contribution in [0.25, 0.3) is 0 Å². The Kier molecular flexibility index (Phi) is 3.75. The third-order valence-electron chi connectivity index (χ3n) is 3.17. The lowest BCUT2D eigenvalue weighted by molar-refractivity contribution is -0.137. The van der Waals surface area contributed by atoms with Crippen LogP contribution < -0.4 is 0 Å². The first kappa shape index (κ1) is 12.1. The van der Waals surface area contributed by atoms with Crippen LogP contribution in [0, 0.1) is 0 Å². The average molecular weight is 239 g/mol. The van der Waals surface area contributed by atoms with E-state index in [0.717, 1.165) is 13.1 Å². The molecular weight excluding hydrogens is 222 g/mol. The van der Waals surface area contributed by atoms with Gasteiger partial charge in [0.05, 0.1) is 24.9 Å². The van der Waals surface area contributed by atoms with Crippen LogP contribution in [0.1, 0.15) is 12.5 Å². The minimum atomic E-state index is -0.759. The second kappa shape index (κ2) is 5.29. The van der Waals surface area contributed by atoms with Crippen molar-refractivity contribution in [3.8, 4) is 0 Å². The molecule has 17 heavy (non-hydrogen) atoms. The molecule has 0 bridgehead atoms. The first-order valence-electron chi connectivity index (χ1n) is 5.65. The summed E-state index contributed by atoms with van der Waals surface area (Å²) in [7, 11) is 1.69. The molecule has 1 aliphatic rings. The Bertz CT molecular complexity index is 366. The fourth-order valence-electron chi connectivity index (χ4n) is 2.25. The zero-order valence-corrected chi connectivity index (χ0v) is 9.82. The van der Waals surface area contributed by atoms with E-state index in [0.29, 0.717) is 6.54 Å². The highest BCUT2D eigenvalue weighted by molar-refractivity contribution is 5.66. The van der Waals surface area contributed by atoms with E-state index in [-0.39, 0.29) is 18.6 Å². The smallest absolute Gasteiger partial charge is 0.304 e. The quantitative estimate of drug-likeness (QED) is 0.796. The number of rotatable bonds is 5. The standard InChI is InChI=1S/C11H17N3O3/c1-17-10-7-13(4-2-11(15)16)6-9(10)14-5-3-12-8-14/h3,5,8-10H,2,4,6-7H2,1H3,(H,15,16)/t9-,10+/m1/s1. The molecule has 6 nitrogen and oxygen atoms in total. The molecule has 1 aromatic rings. The predicted molar refractivity (Wildman–Crippen MR) is 60.8 cm³/mol. The summed E-state index contributed by atoms with van der Waals surface area (Å²) in [5.74, 6) is -0.759. The number of aliphatic carboxylic acids is 1. The lowest BCUT2D eigenvalue weighted by Gasteiger charge is -2.17. The van der Waals surface area contributed by atoms with E-state index in [9.17, 15) is 4.79 Å². The summed E-state index contributed by atoms with van der Waals surface area (Å²) in [5, 5.41) is 8.67. The number of nitrogens with zero attached hydrogens (tertiary/aromatic N) is 3. The number of carbonyl (C=O) groups is 1. The maximum Gasteiger partial charge on any atom is 0.304 e. The number of hydrogen-bond donors (Lipinski definition) is 1. The number of carboxylic acid groups (broad SMARTS) is 1. The van der Waals surface area contributed by atoms with Gasteiger partial charge in [-0.1, -0.05) is 0 Å². The maximum absolute atomic E-state index is 10.5. The van der Waals surface area contributed by atoms with Gasteiger partial charge < -0.3 is 14.4 Å². The first-order chi connectivity index (χ1) is 8.20. The Balaban J connectivity index is 1.96. The van der Waals surface area contributed by atoms with Crippen molar-refractivity contribution < 1.29 is 14.6 Å². The van der Waals surface area contributed by atoms with Crippen LogP contribution in [-0.2, 0) is 9.53 Å². The van der Waals surface area contributed by atoms with Crippen LogP contribution in [0.15, 0.2) is 18.7 Å². The first-order valence-corrected chi connectivity index (χ1v) is 5.65. The van der Waals surface area contributed by atoms with E-state index in [1.54, 1.807) is 19.6 Å². The molecular formula is C11H17N3O3. The molecule has 1 saturated heterocycles. The van der Waals surface area contributed by atoms with E-state index in [4.69, 9.17) is 9.84 Å². The van der Waals surface area contributed by atoms with Crippen molar-refractivity contribution in [3.63, 3.8) is 0 Å². The molecule has 94 valence electrons. The summed E-state index contributed by atoms with van der Waals surface area (Å²) in [6.07, 6.45) is 5.70. The second-order valence-corrected chi connectivity index (χ2v) is 4.25.